The first-order chi connectivity index (χ1) is 50.6. The van der Waals surface area contributed by atoms with Gasteiger partial charge in [-0.25, -0.2) is 28.8 Å². The Hall–Kier alpha value is -11.3. The lowest BCUT2D eigenvalue weighted by Crippen LogP contribution is -2.28. The molecule has 10 aromatic rings. The summed E-state index contributed by atoms with van der Waals surface area (Å²) in [4.78, 5) is 78.2. The van der Waals surface area contributed by atoms with E-state index in [0.717, 1.165) is 45.2 Å². The van der Waals surface area contributed by atoms with Gasteiger partial charge in [-0.15, -0.1) is 0 Å². The zero-order chi connectivity index (χ0) is 72.9. The Labute approximate surface area is 623 Å². The van der Waals surface area contributed by atoms with Gasteiger partial charge in [-0.2, -0.15) is 0 Å². The van der Waals surface area contributed by atoms with Crippen LogP contribution in [0.1, 0.15) is 36.1 Å². The van der Waals surface area contributed by atoms with Gasteiger partial charge < -0.3 is 14.6 Å². The number of ether oxygens (including phenoxy) is 2. The summed E-state index contributed by atoms with van der Waals surface area (Å²) in [7, 11) is 3.19. The number of benzene rings is 10. The van der Waals surface area contributed by atoms with Gasteiger partial charge in [-0.05, 0) is 229 Å². The molecule has 4 heterocycles. The summed E-state index contributed by atoms with van der Waals surface area (Å²) in [5.41, 5.74) is 7.81. The monoisotopic (exact) mass is 1470 g/mol. The molecule has 14 rings (SSSR count). The van der Waals surface area contributed by atoms with Gasteiger partial charge in [-0.1, -0.05) is 157 Å². The summed E-state index contributed by atoms with van der Waals surface area (Å²) in [5.74, 6) is -0.249. The molecule has 4 aliphatic heterocycles. The fourth-order valence-electron chi connectivity index (χ4n) is 10.1. The number of anilines is 2. The van der Waals surface area contributed by atoms with E-state index in [-0.39, 0.29) is 51.8 Å². The number of thioether (sulfide) groups is 4. The van der Waals surface area contributed by atoms with Crippen molar-refractivity contribution >= 4 is 161 Å². The number of phenolic OH excluding ortho intramolecular Hbond substituents is 1. The number of carbonyl (C=O) groups is 4. The third kappa shape index (κ3) is 19.4. The Morgan fingerprint density at radius 3 is 1.25 bits per heavy atom. The molecule has 0 atom stereocenters. The van der Waals surface area contributed by atoms with Crippen LogP contribution in [0, 0.1) is 11.6 Å². The maximum atomic E-state index is 13.3. The highest BCUT2D eigenvalue weighted by atomic mass is 35.5. The highest BCUT2D eigenvalue weighted by Crippen LogP contribution is 2.42. The molecule has 0 bridgehead atoms. The summed E-state index contributed by atoms with van der Waals surface area (Å²) in [6, 6.07) is 80.0. The minimum absolute atomic E-state index is 0.0384. The van der Waals surface area contributed by atoms with Gasteiger partial charge in [0.2, 0.25) is 0 Å². The molecule has 0 radical (unpaired) electrons. The number of likely N-dealkylation sites (N-methyl/N-ethyl adjacent to an activating group) is 2. The van der Waals surface area contributed by atoms with E-state index >= 15 is 0 Å². The summed E-state index contributed by atoms with van der Waals surface area (Å²) < 4.78 is 37.1. The van der Waals surface area contributed by atoms with Crippen LogP contribution in [0.3, 0.4) is 0 Å². The molecule has 0 saturated carbocycles. The van der Waals surface area contributed by atoms with Crippen molar-refractivity contribution < 1.29 is 42.5 Å². The number of para-hydroxylation sites is 4. The number of halogens is 3. The first-order valence-electron chi connectivity index (χ1n) is 32.4. The minimum atomic E-state index is -0.389. The lowest BCUT2D eigenvalue weighted by Gasteiger charge is -2.15. The molecule has 4 fully saturated rings. The molecule has 4 saturated heterocycles. The van der Waals surface area contributed by atoms with E-state index in [2.05, 4.69) is 15.0 Å². The molecule has 0 aromatic heterocycles. The van der Waals surface area contributed by atoms with E-state index in [1.807, 2.05) is 232 Å². The molecule has 4 amide bonds. The Bertz CT molecular complexity index is 4970. The maximum Gasteiger partial charge on any atom is 0.271 e. The minimum Gasteiger partial charge on any atom is -0.503 e. The molecular weight excluding hydrogens is 1410 g/mol. The van der Waals surface area contributed by atoms with Crippen molar-refractivity contribution in [3.63, 3.8) is 0 Å². The van der Waals surface area contributed by atoms with Crippen molar-refractivity contribution in [1.29, 1.82) is 0 Å². The fourth-order valence-corrected chi connectivity index (χ4v) is 14.3. The molecule has 520 valence electrons. The highest BCUT2D eigenvalue weighted by Gasteiger charge is 2.37. The number of aliphatic imine (C=N–C) groups is 4. The third-order valence-corrected chi connectivity index (χ3v) is 19.5. The number of carbonyl (C=O) groups excluding carboxylic acids is 4. The van der Waals surface area contributed by atoms with Crippen LogP contribution in [0.4, 0.5) is 42.9 Å². The second-order valence-corrected chi connectivity index (χ2v) is 26.8. The van der Waals surface area contributed by atoms with Crippen molar-refractivity contribution in [3.8, 4) is 17.2 Å². The van der Waals surface area contributed by atoms with Gasteiger partial charge in [0.15, 0.2) is 32.2 Å². The third-order valence-electron chi connectivity index (χ3n) is 15.2. The van der Waals surface area contributed by atoms with Crippen LogP contribution in [-0.4, -0.2) is 86.5 Å². The van der Waals surface area contributed by atoms with Crippen molar-refractivity contribution in [3.05, 3.63) is 325 Å². The zero-order valence-corrected chi connectivity index (χ0v) is 60.4. The summed E-state index contributed by atoms with van der Waals surface area (Å²) >= 11 is 11.3. The largest absolute Gasteiger partial charge is 0.503 e. The predicted molar refractivity (Wildman–Crippen MR) is 425 cm³/mol. The van der Waals surface area contributed by atoms with Crippen molar-refractivity contribution in [2.24, 2.45) is 20.0 Å². The molecule has 0 unspecified atom stereocenters. The Balaban J connectivity index is 0.000000139. The topological polar surface area (TPSA) is 169 Å². The summed E-state index contributed by atoms with van der Waals surface area (Å²) in [6.07, 6.45) is 7.30. The van der Waals surface area contributed by atoms with Crippen molar-refractivity contribution in [2.45, 2.75) is 13.8 Å². The molecule has 22 heteroatoms. The molecule has 0 aliphatic carbocycles. The van der Waals surface area contributed by atoms with E-state index in [4.69, 9.17) is 26.1 Å². The van der Waals surface area contributed by atoms with Gasteiger partial charge in [-0.3, -0.25) is 38.8 Å². The number of hydrogen-bond acceptors (Lipinski definition) is 15. The van der Waals surface area contributed by atoms with Crippen molar-refractivity contribution in [1.82, 2.24) is 9.80 Å². The number of amides is 4. The van der Waals surface area contributed by atoms with E-state index in [1.165, 1.54) is 108 Å². The lowest BCUT2D eigenvalue weighted by molar-refractivity contribution is -0.122. The van der Waals surface area contributed by atoms with Crippen LogP contribution in [-0.2, 0) is 19.2 Å². The number of amidine groups is 4. The van der Waals surface area contributed by atoms with Crippen LogP contribution in [0.15, 0.2) is 307 Å². The molecule has 104 heavy (non-hydrogen) atoms. The number of hydrogen-bond donors (Lipinski definition) is 1. The van der Waals surface area contributed by atoms with Gasteiger partial charge in [0.25, 0.3) is 23.6 Å². The molecule has 10 aromatic carbocycles. The smallest absolute Gasteiger partial charge is 0.271 e. The number of rotatable bonds is 14. The van der Waals surface area contributed by atoms with E-state index in [9.17, 15) is 33.1 Å². The quantitative estimate of drug-likeness (QED) is 0.103. The Morgan fingerprint density at radius 1 is 0.423 bits per heavy atom. The first kappa shape index (κ1) is 73.9. The van der Waals surface area contributed by atoms with Crippen molar-refractivity contribution in [2.75, 3.05) is 37.1 Å². The molecular formula is C82H65ClF2N8O7S4. The highest BCUT2D eigenvalue weighted by molar-refractivity contribution is 8.20. The second kappa shape index (κ2) is 36.0. The normalized spacial score (nSPS) is 17.3. The van der Waals surface area contributed by atoms with E-state index in [0.29, 0.717) is 70.4 Å². The first-order valence-corrected chi connectivity index (χ1v) is 36.1. The van der Waals surface area contributed by atoms with Gasteiger partial charge in [0, 0.05) is 13.6 Å². The van der Waals surface area contributed by atoms with Crippen LogP contribution < -0.4 is 19.3 Å². The molecule has 4 aliphatic rings. The average Bonchev–Trinajstić information content (AvgIpc) is 1.65. The molecule has 0 spiro atoms. The van der Waals surface area contributed by atoms with E-state index < -0.39 is 0 Å². The second-order valence-electron chi connectivity index (χ2n) is 22.4. The molecule has 1 N–H and O–H groups in total. The van der Waals surface area contributed by atoms with Crippen LogP contribution in [0.5, 0.6) is 17.2 Å². The van der Waals surface area contributed by atoms with Crippen LogP contribution in [0.2, 0.25) is 5.02 Å². The number of nitrogens with zero attached hydrogens (tertiary/aromatic N) is 8. The molecule has 15 nitrogen and oxygen atoms in total. The fraction of sp³-hybridized carbons (Fsp3) is 0.0732. The average molecular weight is 1480 g/mol. The van der Waals surface area contributed by atoms with Gasteiger partial charge in [0.05, 0.1) is 72.5 Å². The lowest BCUT2D eigenvalue weighted by atomic mass is 10.2. The maximum absolute atomic E-state index is 13.3. The number of aromatic hydroxyl groups is 1. The Morgan fingerprint density at radius 2 is 0.788 bits per heavy atom. The predicted octanol–water partition coefficient (Wildman–Crippen LogP) is 20.3. The standard InChI is InChI=1S/C22H14F2N2OS.C22H16N2OS.C19H17ClN2O3S.C19H18N2O2S/c23-16-6-10-18(11-7-16)25-22-26(19-12-8-17(24)9-13-19)21(27)20(28-22)14-15-4-2-1-3-5-15;25-21-20(16-17-10-4-1-5-11-17)26-22(23-18-12-6-2-7-13-18)24(21)19-14-8-3-9-15-19;1-3-22-18(24)16(26-19(22)21-13-7-5-4-6-8-13)11-12-9-14(20)17(23)15(10-12)25-2;1-3-23-16-11-9-14(10-12-16)13-17-18(22)21(2)19(24-17)20-15-7-5-4-6-8-15/h1-14H;1-16H;4-11,23H,3H2,1-2H3;4-13H,3H2,1-2H3/b;20-16+,23-22?;16-11+,21-19?;17-13-,20-19?. The summed E-state index contributed by atoms with van der Waals surface area (Å²) in [5, 5.41) is 12.4. The van der Waals surface area contributed by atoms with Crippen LogP contribution in [0.25, 0.3) is 24.3 Å². The SMILES string of the molecule is CCN1C(=O)/C(=C\c2cc(Cl)c(O)c(OC)c2)SC1=Nc1ccccc1.CCOc1ccc(/C=C2\SC(=Nc3ccccc3)N(C)C2=O)cc1.O=C1/C(=C\c2ccccc2)SC(=Nc2ccccc2)N1c1ccccc1.O=C1C(=Cc2ccccc2)SC(=Nc2ccc(F)cc2)N1c1ccc(F)cc1. The Kier molecular flexibility index (Phi) is 25.6. The zero-order valence-electron chi connectivity index (χ0n) is 56.4. The van der Waals surface area contributed by atoms with E-state index in [1.54, 1.807) is 46.0 Å². The summed E-state index contributed by atoms with van der Waals surface area (Å²) in [6.45, 7) is 5.02. The van der Waals surface area contributed by atoms with Gasteiger partial charge >= 0.3 is 0 Å². The van der Waals surface area contributed by atoms with Crippen LogP contribution >= 0.6 is 58.6 Å². The van der Waals surface area contributed by atoms with Gasteiger partial charge in [0.1, 0.15) is 17.4 Å². The number of phenols is 1. The number of methoxy groups -OCH3 is 1.